The van der Waals surface area contributed by atoms with Crippen molar-refractivity contribution in [3.63, 3.8) is 0 Å². The molecule has 14 heavy (non-hydrogen) atoms. The van der Waals surface area contributed by atoms with E-state index < -0.39 is 10.3 Å². The minimum absolute atomic E-state index is 0.0492. The number of hydrogen-bond acceptors (Lipinski definition) is 3. The Morgan fingerprint density at radius 1 is 1.29 bits per heavy atom. The first-order chi connectivity index (χ1) is 6.45. The molecule has 0 bridgehead atoms. The molecule has 1 amide bonds. The maximum absolute atomic E-state index is 10.7. The molecule has 0 unspecified atom stereocenters. The lowest BCUT2D eigenvalue weighted by Gasteiger charge is -2.11. The Morgan fingerprint density at radius 2 is 1.79 bits per heavy atom. The molecule has 0 atom stereocenters. The minimum Gasteiger partial charge on any atom is -0.269 e. The van der Waals surface area contributed by atoms with Crippen LogP contribution in [0.2, 0.25) is 0 Å². The van der Waals surface area contributed by atoms with Crippen LogP contribution in [-0.2, 0) is 15.1 Å². The van der Waals surface area contributed by atoms with E-state index in [1.165, 1.54) is 12.1 Å². The molecular formula is C8H8NO4S. The second-order valence-electron chi connectivity index (χ2n) is 2.67. The zero-order valence-corrected chi connectivity index (χ0v) is 8.15. The second kappa shape index (κ2) is 3.77. The average Bonchev–Trinajstić information content (AvgIpc) is 2.07. The topological polar surface area (TPSA) is 74.7 Å². The minimum atomic E-state index is -4.57. The number of amides is 1. The van der Waals surface area contributed by atoms with Gasteiger partial charge in [-0.3, -0.25) is 9.35 Å². The third kappa shape index (κ3) is 2.30. The number of aryl methyl sites for hydroxylation is 1. The van der Waals surface area contributed by atoms with Crippen molar-refractivity contribution in [2.75, 3.05) is 4.31 Å². The summed E-state index contributed by atoms with van der Waals surface area (Å²) in [4.78, 5) is 10.3. The van der Waals surface area contributed by atoms with Crippen LogP contribution in [0.15, 0.2) is 24.3 Å². The molecule has 0 heterocycles. The van der Waals surface area contributed by atoms with E-state index in [4.69, 9.17) is 4.55 Å². The van der Waals surface area contributed by atoms with Crippen LogP contribution in [0.4, 0.5) is 5.69 Å². The van der Waals surface area contributed by atoms with E-state index >= 15 is 0 Å². The van der Waals surface area contributed by atoms with Crippen LogP contribution < -0.4 is 4.31 Å². The van der Waals surface area contributed by atoms with Gasteiger partial charge in [-0.25, -0.2) is 0 Å². The van der Waals surface area contributed by atoms with Crippen molar-refractivity contribution < 1.29 is 17.8 Å². The highest BCUT2D eigenvalue weighted by Crippen LogP contribution is 2.15. The second-order valence-corrected chi connectivity index (χ2v) is 3.93. The summed E-state index contributed by atoms with van der Waals surface area (Å²) in [5.41, 5.74) is 0.961. The van der Waals surface area contributed by atoms with Crippen molar-refractivity contribution in [2.45, 2.75) is 6.92 Å². The Labute approximate surface area is 81.8 Å². The first-order valence-corrected chi connectivity index (χ1v) is 5.07. The highest BCUT2D eigenvalue weighted by atomic mass is 32.2. The molecule has 0 spiro atoms. The van der Waals surface area contributed by atoms with E-state index in [2.05, 4.69) is 0 Å². The molecule has 1 rings (SSSR count). The van der Waals surface area contributed by atoms with Crippen LogP contribution in [0.5, 0.6) is 0 Å². The van der Waals surface area contributed by atoms with Gasteiger partial charge >= 0.3 is 16.7 Å². The number of nitrogens with zero attached hydrogens (tertiary/aromatic N) is 1. The molecule has 1 aromatic rings. The normalized spacial score (nSPS) is 11.0. The Bertz CT molecular complexity index is 423. The summed E-state index contributed by atoms with van der Waals surface area (Å²) < 4.78 is 30.1. The van der Waals surface area contributed by atoms with Gasteiger partial charge in [0.05, 0.1) is 5.69 Å². The summed E-state index contributed by atoms with van der Waals surface area (Å²) in [6, 6.07) is 6.03. The number of rotatable bonds is 3. The molecule has 5 nitrogen and oxygen atoms in total. The van der Waals surface area contributed by atoms with Crippen LogP contribution in [0.25, 0.3) is 0 Å². The molecule has 1 N–H and O–H groups in total. The third-order valence-electron chi connectivity index (χ3n) is 1.58. The van der Waals surface area contributed by atoms with Gasteiger partial charge in [0, 0.05) is 0 Å². The van der Waals surface area contributed by atoms with Crippen LogP contribution in [-0.4, -0.2) is 19.4 Å². The summed E-state index contributed by atoms with van der Waals surface area (Å²) in [7, 11) is -4.57. The Hall–Kier alpha value is -1.40. The van der Waals surface area contributed by atoms with Gasteiger partial charge in [0.2, 0.25) is 0 Å². The van der Waals surface area contributed by atoms with Crippen LogP contribution >= 0.6 is 0 Å². The zero-order chi connectivity index (χ0) is 10.8. The van der Waals surface area contributed by atoms with Crippen molar-refractivity contribution in [3.8, 4) is 0 Å². The third-order valence-corrected chi connectivity index (χ3v) is 2.33. The lowest BCUT2D eigenvalue weighted by atomic mass is 10.2. The van der Waals surface area contributed by atoms with E-state index in [0.29, 0.717) is 0 Å². The molecule has 0 aliphatic carbocycles. The molecule has 0 aliphatic heterocycles. The van der Waals surface area contributed by atoms with Gasteiger partial charge in [-0.05, 0) is 19.1 Å². The molecule has 0 saturated carbocycles. The zero-order valence-electron chi connectivity index (χ0n) is 7.34. The van der Waals surface area contributed by atoms with Crippen LogP contribution in [0.1, 0.15) is 5.56 Å². The van der Waals surface area contributed by atoms with Gasteiger partial charge in [-0.1, -0.05) is 17.7 Å². The van der Waals surface area contributed by atoms with Crippen LogP contribution in [0, 0.1) is 6.92 Å². The number of benzene rings is 1. The molecule has 1 radical (unpaired) electrons. The summed E-state index contributed by atoms with van der Waals surface area (Å²) in [6.45, 7) is 1.81. The molecule has 1 aromatic carbocycles. The SMILES string of the molecule is Cc1ccc(N([C]=O)S(=O)(=O)O)cc1. The van der Waals surface area contributed by atoms with Gasteiger partial charge in [0.15, 0.2) is 0 Å². The number of hydrogen-bond donors (Lipinski definition) is 1. The highest BCUT2D eigenvalue weighted by molar-refractivity contribution is 7.88. The Kier molecular flexibility index (Phi) is 2.87. The van der Waals surface area contributed by atoms with Gasteiger partial charge in [-0.2, -0.15) is 12.7 Å². The quantitative estimate of drug-likeness (QED) is 0.592. The molecular weight excluding hydrogens is 206 g/mol. The van der Waals surface area contributed by atoms with Gasteiger partial charge in [-0.15, -0.1) is 0 Å². The standard InChI is InChI=1S/C8H8NO4S/c1-7-2-4-8(5-3-7)9(6-10)14(11,12)13/h2-5H,1H3,(H,11,12,13). The fourth-order valence-corrected chi connectivity index (χ4v) is 1.40. The molecule has 6 heteroatoms. The summed E-state index contributed by atoms with van der Waals surface area (Å²) in [6.07, 6.45) is 1.12. The number of anilines is 1. The van der Waals surface area contributed by atoms with Crippen molar-refractivity contribution in [1.29, 1.82) is 0 Å². The lowest BCUT2D eigenvalue weighted by Crippen LogP contribution is -2.28. The van der Waals surface area contributed by atoms with Crippen molar-refractivity contribution in [2.24, 2.45) is 0 Å². The summed E-state index contributed by atoms with van der Waals surface area (Å²) in [5, 5.41) is 0. The smallest absolute Gasteiger partial charge is 0.269 e. The predicted octanol–water partition coefficient (Wildman–Crippen LogP) is 0.671. The van der Waals surface area contributed by atoms with E-state index in [1.807, 2.05) is 6.92 Å². The first-order valence-electron chi connectivity index (χ1n) is 3.67. The fraction of sp³-hybridized carbons (Fsp3) is 0.125. The summed E-state index contributed by atoms with van der Waals surface area (Å²) in [5.74, 6) is 0. The van der Waals surface area contributed by atoms with Crippen molar-refractivity contribution >= 4 is 22.4 Å². The summed E-state index contributed by atoms with van der Waals surface area (Å²) >= 11 is 0. The van der Waals surface area contributed by atoms with Gasteiger partial charge in [0.1, 0.15) is 0 Å². The van der Waals surface area contributed by atoms with E-state index in [1.54, 1.807) is 12.1 Å². The first kappa shape index (κ1) is 10.7. The Balaban J connectivity index is 3.15. The van der Waals surface area contributed by atoms with Crippen molar-refractivity contribution in [3.05, 3.63) is 29.8 Å². The highest BCUT2D eigenvalue weighted by Gasteiger charge is 2.19. The lowest BCUT2D eigenvalue weighted by molar-refractivity contribution is 0.481. The average molecular weight is 214 g/mol. The number of carbonyl (C=O) groups excluding carboxylic acids is 1. The Morgan fingerprint density at radius 3 is 2.14 bits per heavy atom. The molecule has 0 aromatic heterocycles. The monoisotopic (exact) mass is 214 g/mol. The largest absolute Gasteiger partial charge is 0.367 e. The fourth-order valence-electron chi connectivity index (χ4n) is 0.913. The maximum atomic E-state index is 10.7. The maximum Gasteiger partial charge on any atom is 0.367 e. The molecule has 0 fully saturated rings. The predicted molar refractivity (Wildman–Crippen MR) is 50.9 cm³/mol. The molecule has 75 valence electrons. The van der Waals surface area contributed by atoms with E-state index in [-0.39, 0.29) is 9.99 Å². The molecule has 0 aliphatic rings. The van der Waals surface area contributed by atoms with E-state index in [0.717, 1.165) is 12.0 Å². The van der Waals surface area contributed by atoms with Gasteiger partial charge in [0.25, 0.3) is 0 Å². The van der Waals surface area contributed by atoms with Crippen molar-refractivity contribution in [1.82, 2.24) is 0 Å². The molecule has 0 saturated heterocycles. The van der Waals surface area contributed by atoms with Crippen LogP contribution in [0.3, 0.4) is 0 Å². The van der Waals surface area contributed by atoms with E-state index in [9.17, 15) is 13.2 Å². The van der Waals surface area contributed by atoms with Gasteiger partial charge < -0.3 is 0 Å².